The maximum atomic E-state index is 6.15. The molecular weight excluding hydrogens is 345 g/mol. The quantitative estimate of drug-likeness (QED) is 0.637. The fraction of sp³-hybridized carbons (Fsp3) is 0.222. The Kier molecular flexibility index (Phi) is 5.86. The molecule has 0 aliphatic rings. The summed E-state index contributed by atoms with van der Waals surface area (Å²) in [5.41, 5.74) is 2.21. The van der Waals surface area contributed by atoms with Crippen molar-refractivity contribution in [2.75, 3.05) is 6.54 Å². The molecule has 0 aliphatic carbocycles. The zero-order chi connectivity index (χ0) is 16.8. The van der Waals surface area contributed by atoms with Crippen LogP contribution in [-0.2, 0) is 19.4 Å². The fourth-order valence-electron chi connectivity index (χ4n) is 2.34. The average Bonchev–Trinajstić information content (AvgIpc) is 3.01. The van der Waals surface area contributed by atoms with E-state index in [1.807, 2.05) is 42.5 Å². The smallest absolute Gasteiger partial charge is 0.230 e. The summed E-state index contributed by atoms with van der Waals surface area (Å²) in [5.74, 6) is 1.21. The molecule has 3 rings (SSSR count). The predicted octanol–water partition coefficient (Wildman–Crippen LogP) is 4.30. The van der Waals surface area contributed by atoms with E-state index in [-0.39, 0.29) is 0 Å². The van der Waals surface area contributed by atoms with E-state index < -0.39 is 0 Å². The van der Waals surface area contributed by atoms with Crippen LogP contribution >= 0.6 is 23.2 Å². The first-order valence-corrected chi connectivity index (χ1v) is 8.46. The SMILES string of the molecule is Clc1ccc(CCNCc2nnc(Cc3ccccc3)o2)c(Cl)c1. The third-order valence-corrected chi connectivity index (χ3v) is 4.16. The first kappa shape index (κ1) is 17.0. The third-order valence-electron chi connectivity index (χ3n) is 3.57. The van der Waals surface area contributed by atoms with Crippen molar-refractivity contribution in [3.8, 4) is 0 Å². The molecule has 0 aliphatic heterocycles. The molecule has 6 heteroatoms. The third kappa shape index (κ3) is 4.81. The highest BCUT2D eigenvalue weighted by Gasteiger charge is 2.07. The maximum absolute atomic E-state index is 6.15. The van der Waals surface area contributed by atoms with Gasteiger partial charge in [-0.25, -0.2) is 0 Å². The standard InChI is InChI=1S/C18H17Cl2N3O/c19-15-7-6-14(16(20)11-15)8-9-21-12-18-23-22-17(24-18)10-13-4-2-1-3-5-13/h1-7,11,21H,8-10,12H2. The molecule has 0 bridgehead atoms. The van der Waals surface area contributed by atoms with Crippen LogP contribution in [0.2, 0.25) is 10.0 Å². The predicted molar refractivity (Wildman–Crippen MR) is 95.4 cm³/mol. The molecule has 0 unspecified atom stereocenters. The van der Waals surface area contributed by atoms with Crippen molar-refractivity contribution < 1.29 is 4.42 Å². The van der Waals surface area contributed by atoms with Crippen molar-refractivity contribution in [1.29, 1.82) is 0 Å². The summed E-state index contributed by atoms with van der Waals surface area (Å²) in [7, 11) is 0. The Bertz CT molecular complexity index is 790. The van der Waals surface area contributed by atoms with E-state index in [9.17, 15) is 0 Å². The topological polar surface area (TPSA) is 51.0 Å². The van der Waals surface area contributed by atoms with Crippen molar-refractivity contribution in [3.05, 3.63) is 81.5 Å². The van der Waals surface area contributed by atoms with Crippen molar-refractivity contribution in [3.63, 3.8) is 0 Å². The van der Waals surface area contributed by atoms with Crippen molar-refractivity contribution >= 4 is 23.2 Å². The molecule has 1 N–H and O–H groups in total. The van der Waals surface area contributed by atoms with Crippen LogP contribution in [0.4, 0.5) is 0 Å². The molecule has 0 spiro atoms. The molecule has 2 aromatic carbocycles. The zero-order valence-corrected chi connectivity index (χ0v) is 14.5. The van der Waals surface area contributed by atoms with Gasteiger partial charge in [0.15, 0.2) is 0 Å². The molecule has 0 atom stereocenters. The number of rotatable bonds is 7. The first-order chi connectivity index (χ1) is 11.7. The van der Waals surface area contributed by atoms with Gasteiger partial charge >= 0.3 is 0 Å². The van der Waals surface area contributed by atoms with E-state index in [1.54, 1.807) is 6.07 Å². The van der Waals surface area contributed by atoms with Crippen molar-refractivity contribution in [2.24, 2.45) is 0 Å². The highest BCUT2D eigenvalue weighted by atomic mass is 35.5. The summed E-state index contributed by atoms with van der Waals surface area (Å²) in [5, 5.41) is 12.8. The van der Waals surface area contributed by atoms with Gasteiger partial charge in [-0.3, -0.25) is 0 Å². The molecule has 0 fully saturated rings. The zero-order valence-electron chi connectivity index (χ0n) is 13.0. The second-order valence-corrected chi connectivity index (χ2v) is 6.26. The van der Waals surface area contributed by atoms with E-state index in [2.05, 4.69) is 15.5 Å². The van der Waals surface area contributed by atoms with Gasteiger partial charge in [-0.1, -0.05) is 59.6 Å². The van der Waals surface area contributed by atoms with Crippen LogP contribution in [0, 0.1) is 0 Å². The molecule has 4 nitrogen and oxygen atoms in total. The molecular formula is C18H17Cl2N3O. The number of hydrogen-bond acceptors (Lipinski definition) is 4. The van der Waals surface area contributed by atoms with Crippen LogP contribution in [-0.4, -0.2) is 16.7 Å². The highest BCUT2D eigenvalue weighted by Crippen LogP contribution is 2.21. The lowest BCUT2D eigenvalue weighted by Crippen LogP contribution is -2.17. The minimum Gasteiger partial charge on any atom is -0.424 e. The minimum atomic E-state index is 0.535. The maximum Gasteiger partial charge on any atom is 0.230 e. The summed E-state index contributed by atoms with van der Waals surface area (Å²) < 4.78 is 5.65. The number of nitrogens with zero attached hydrogens (tertiary/aromatic N) is 2. The Morgan fingerprint density at radius 3 is 2.54 bits per heavy atom. The van der Waals surface area contributed by atoms with Gasteiger partial charge in [0.1, 0.15) is 0 Å². The number of halogens is 2. The molecule has 0 saturated carbocycles. The number of nitrogens with one attached hydrogen (secondary N) is 1. The monoisotopic (exact) mass is 361 g/mol. The lowest BCUT2D eigenvalue weighted by molar-refractivity contribution is 0.439. The molecule has 0 amide bonds. The lowest BCUT2D eigenvalue weighted by Gasteiger charge is -2.05. The normalized spacial score (nSPS) is 10.9. The Labute approximate surface area is 150 Å². The van der Waals surface area contributed by atoms with E-state index >= 15 is 0 Å². The fourth-order valence-corrected chi connectivity index (χ4v) is 2.85. The number of hydrogen-bond donors (Lipinski definition) is 1. The molecule has 0 saturated heterocycles. The van der Waals surface area contributed by atoms with Crippen LogP contribution in [0.15, 0.2) is 52.9 Å². The van der Waals surface area contributed by atoms with Crippen LogP contribution < -0.4 is 5.32 Å². The molecule has 24 heavy (non-hydrogen) atoms. The van der Waals surface area contributed by atoms with E-state index in [1.165, 1.54) is 0 Å². The second kappa shape index (κ2) is 8.29. The second-order valence-electron chi connectivity index (χ2n) is 5.41. The van der Waals surface area contributed by atoms with E-state index in [4.69, 9.17) is 27.6 Å². The molecule has 3 aromatic rings. The summed E-state index contributed by atoms with van der Waals surface area (Å²) in [4.78, 5) is 0. The van der Waals surface area contributed by atoms with Gasteiger partial charge in [0.25, 0.3) is 0 Å². The average molecular weight is 362 g/mol. The summed E-state index contributed by atoms with van der Waals surface area (Å²) in [6.07, 6.45) is 1.45. The van der Waals surface area contributed by atoms with Gasteiger partial charge < -0.3 is 9.73 Å². The van der Waals surface area contributed by atoms with Crippen LogP contribution in [0.25, 0.3) is 0 Å². The summed E-state index contributed by atoms with van der Waals surface area (Å²) >= 11 is 12.0. The minimum absolute atomic E-state index is 0.535. The largest absolute Gasteiger partial charge is 0.424 e. The van der Waals surface area contributed by atoms with Gasteiger partial charge in [0.2, 0.25) is 11.8 Å². The van der Waals surface area contributed by atoms with Crippen molar-refractivity contribution in [1.82, 2.24) is 15.5 Å². The van der Waals surface area contributed by atoms with Crippen LogP contribution in [0.5, 0.6) is 0 Å². The van der Waals surface area contributed by atoms with Crippen LogP contribution in [0.3, 0.4) is 0 Å². The van der Waals surface area contributed by atoms with Gasteiger partial charge in [-0.2, -0.15) is 0 Å². The first-order valence-electron chi connectivity index (χ1n) is 7.70. The Morgan fingerprint density at radius 2 is 1.75 bits per heavy atom. The number of aromatic nitrogens is 2. The lowest BCUT2D eigenvalue weighted by atomic mass is 10.1. The summed E-state index contributed by atoms with van der Waals surface area (Å²) in [6, 6.07) is 15.6. The van der Waals surface area contributed by atoms with Gasteiger partial charge in [-0.05, 0) is 36.2 Å². The Balaban J connectivity index is 1.45. The van der Waals surface area contributed by atoms with Gasteiger partial charge in [0.05, 0.1) is 13.0 Å². The highest BCUT2D eigenvalue weighted by molar-refractivity contribution is 6.35. The Hall–Kier alpha value is -1.88. The van der Waals surface area contributed by atoms with Gasteiger partial charge in [0, 0.05) is 10.0 Å². The molecule has 1 aromatic heterocycles. The van der Waals surface area contributed by atoms with E-state index in [0.717, 1.165) is 24.1 Å². The summed E-state index contributed by atoms with van der Waals surface area (Å²) in [6.45, 7) is 1.30. The Morgan fingerprint density at radius 1 is 0.958 bits per heavy atom. The number of benzene rings is 2. The van der Waals surface area contributed by atoms with Crippen LogP contribution in [0.1, 0.15) is 22.9 Å². The van der Waals surface area contributed by atoms with Gasteiger partial charge in [-0.15, -0.1) is 10.2 Å². The molecule has 124 valence electrons. The van der Waals surface area contributed by atoms with E-state index in [0.29, 0.717) is 34.8 Å². The van der Waals surface area contributed by atoms with Crippen molar-refractivity contribution in [2.45, 2.75) is 19.4 Å². The molecule has 0 radical (unpaired) electrons. The molecule has 1 heterocycles.